The van der Waals surface area contributed by atoms with Crippen LogP contribution in [0.2, 0.25) is 0 Å². The molecule has 0 saturated heterocycles. The fourth-order valence-electron chi connectivity index (χ4n) is 1.92. The maximum Gasteiger partial charge on any atom is 0.198 e. The number of oxazole rings is 1. The van der Waals surface area contributed by atoms with Crippen LogP contribution in [-0.4, -0.2) is 9.97 Å². The highest BCUT2D eigenvalue weighted by atomic mass is 19.1. The fraction of sp³-hybridized carbons (Fsp3) is 0.143. The second-order valence-corrected chi connectivity index (χ2v) is 4.29. The molecule has 0 atom stereocenters. The summed E-state index contributed by atoms with van der Waals surface area (Å²) in [4.78, 5) is 8.39. The molecule has 0 unspecified atom stereocenters. The number of nitrogens with zero attached hydrogens (tertiary/aromatic N) is 2. The number of benzene rings is 1. The summed E-state index contributed by atoms with van der Waals surface area (Å²) >= 11 is 0. The number of nitrogens with two attached hydrogens (primary N) is 1. The molecule has 19 heavy (non-hydrogen) atoms. The van der Waals surface area contributed by atoms with Crippen LogP contribution in [0.3, 0.4) is 0 Å². The van der Waals surface area contributed by atoms with Crippen LogP contribution in [0.5, 0.6) is 0 Å². The van der Waals surface area contributed by atoms with Gasteiger partial charge in [0.2, 0.25) is 0 Å². The van der Waals surface area contributed by atoms with Gasteiger partial charge in [0, 0.05) is 12.6 Å². The van der Waals surface area contributed by atoms with Gasteiger partial charge in [-0.1, -0.05) is 6.07 Å². The first kappa shape index (κ1) is 11.6. The first-order valence-corrected chi connectivity index (χ1v) is 5.97. The van der Waals surface area contributed by atoms with Crippen LogP contribution in [0.4, 0.5) is 10.1 Å². The number of aromatic nitrogens is 2. The quantitative estimate of drug-likeness (QED) is 0.733. The summed E-state index contributed by atoms with van der Waals surface area (Å²) in [6, 6.07) is 8.35. The number of nitrogen functional groups attached to an aromatic ring is 1. The van der Waals surface area contributed by atoms with Crippen LogP contribution in [-0.2, 0) is 12.8 Å². The molecule has 3 rings (SSSR count). The van der Waals surface area contributed by atoms with Crippen LogP contribution in [0.15, 0.2) is 40.9 Å². The standard InChI is InChI=1S/C14H12FN3O/c15-10-5-3-9(8-11(10)16)4-6-13-18-14-12(19-13)2-1-7-17-14/h1-3,5,7-8H,4,6,16H2. The third-order valence-electron chi connectivity index (χ3n) is 2.90. The second kappa shape index (κ2) is 4.68. The van der Waals surface area contributed by atoms with Gasteiger partial charge < -0.3 is 10.2 Å². The van der Waals surface area contributed by atoms with Gasteiger partial charge in [0.25, 0.3) is 0 Å². The zero-order valence-corrected chi connectivity index (χ0v) is 10.1. The number of hydrogen-bond donors (Lipinski definition) is 1. The van der Waals surface area contributed by atoms with Gasteiger partial charge in [0.05, 0.1) is 5.69 Å². The van der Waals surface area contributed by atoms with Crippen molar-refractivity contribution in [1.82, 2.24) is 9.97 Å². The molecule has 0 saturated carbocycles. The van der Waals surface area contributed by atoms with Gasteiger partial charge in [-0.3, -0.25) is 0 Å². The summed E-state index contributed by atoms with van der Waals surface area (Å²) in [7, 11) is 0. The van der Waals surface area contributed by atoms with Crippen molar-refractivity contribution in [2.75, 3.05) is 5.73 Å². The summed E-state index contributed by atoms with van der Waals surface area (Å²) < 4.78 is 18.6. The van der Waals surface area contributed by atoms with Crippen molar-refractivity contribution in [3.63, 3.8) is 0 Å². The molecule has 96 valence electrons. The molecular formula is C14H12FN3O. The van der Waals surface area contributed by atoms with E-state index in [1.165, 1.54) is 6.07 Å². The molecule has 0 radical (unpaired) electrons. The molecule has 0 aliphatic rings. The lowest BCUT2D eigenvalue weighted by atomic mass is 10.1. The normalized spacial score (nSPS) is 11.0. The minimum absolute atomic E-state index is 0.164. The van der Waals surface area contributed by atoms with Gasteiger partial charge in [-0.25, -0.2) is 9.37 Å². The van der Waals surface area contributed by atoms with Crippen molar-refractivity contribution in [3.8, 4) is 0 Å². The van der Waals surface area contributed by atoms with Gasteiger partial charge in [0.1, 0.15) is 5.82 Å². The van der Waals surface area contributed by atoms with Crippen molar-refractivity contribution in [3.05, 3.63) is 53.8 Å². The Hall–Kier alpha value is -2.43. The Balaban J connectivity index is 1.76. The molecule has 5 heteroatoms. The molecule has 0 aliphatic heterocycles. The van der Waals surface area contributed by atoms with E-state index in [-0.39, 0.29) is 5.69 Å². The lowest BCUT2D eigenvalue weighted by Crippen LogP contribution is -1.95. The summed E-state index contributed by atoms with van der Waals surface area (Å²) in [6.07, 6.45) is 2.99. The highest BCUT2D eigenvalue weighted by Gasteiger charge is 2.07. The van der Waals surface area contributed by atoms with Gasteiger partial charge in [0.15, 0.2) is 17.1 Å². The highest BCUT2D eigenvalue weighted by molar-refractivity contribution is 5.66. The molecule has 0 bridgehead atoms. The third-order valence-corrected chi connectivity index (χ3v) is 2.90. The predicted molar refractivity (Wildman–Crippen MR) is 70.0 cm³/mol. The summed E-state index contributed by atoms with van der Waals surface area (Å²) in [5.41, 5.74) is 7.93. The van der Waals surface area contributed by atoms with Crippen LogP contribution in [0.1, 0.15) is 11.5 Å². The average molecular weight is 257 g/mol. The number of aryl methyl sites for hydroxylation is 2. The van der Waals surface area contributed by atoms with Crippen LogP contribution < -0.4 is 5.73 Å². The van der Waals surface area contributed by atoms with E-state index in [9.17, 15) is 4.39 Å². The molecule has 3 aromatic rings. The number of anilines is 1. The van der Waals surface area contributed by atoms with Gasteiger partial charge in [-0.05, 0) is 36.2 Å². The van der Waals surface area contributed by atoms with E-state index < -0.39 is 5.82 Å². The molecule has 0 aliphatic carbocycles. The molecule has 1 aromatic carbocycles. The Bertz CT molecular complexity index is 691. The largest absolute Gasteiger partial charge is 0.439 e. The lowest BCUT2D eigenvalue weighted by Gasteiger charge is -2.01. The number of rotatable bonds is 3. The van der Waals surface area contributed by atoms with Crippen molar-refractivity contribution in [2.24, 2.45) is 0 Å². The van der Waals surface area contributed by atoms with Crippen LogP contribution in [0, 0.1) is 5.82 Å². The Morgan fingerprint density at radius 3 is 2.89 bits per heavy atom. The van der Waals surface area contributed by atoms with E-state index >= 15 is 0 Å². The molecule has 2 aromatic heterocycles. The first-order chi connectivity index (χ1) is 9.22. The van der Waals surface area contributed by atoms with E-state index in [2.05, 4.69) is 9.97 Å². The second-order valence-electron chi connectivity index (χ2n) is 4.29. The zero-order chi connectivity index (χ0) is 13.2. The minimum atomic E-state index is -0.394. The molecule has 0 spiro atoms. The Labute approximate surface area is 109 Å². The zero-order valence-electron chi connectivity index (χ0n) is 10.1. The van der Waals surface area contributed by atoms with Gasteiger partial charge in [-0.2, -0.15) is 4.98 Å². The Morgan fingerprint density at radius 2 is 2.11 bits per heavy atom. The SMILES string of the molecule is Nc1cc(CCc2nc3ncccc3o2)ccc1F. The summed E-state index contributed by atoms with van der Waals surface area (Å²) in [6.45, 7) is 0. The van der Waals surface area contributed by atoms with E-state index in [1.54, 1.807) is 24.4 Å². The maximum absolute atomic E-state index is 13.0. The summed E-state index contributed by atoms with van der Waals surface area (Å²) in [5.74, 6) is 0.228. The predicted octanol–water partition coefficient (Wildman–Crippen LogP) is 2.73. The molecule has 2 N–H and O–H groups in total. The summed E-state index contributed by atoms with van der Waals surface area (Å²) in [5, 5.41) is 0. The van der Waals surface area contributed by atoms with Crippen molar-refractivity contribution in [2.45, 2.75) is 12.8 Å². The van der Waals surface area contributed by atoms with E-state index in [0.717, 1.165) is 5.56 Å². The monoisotopic (exact) mass is 257 g/mol. The third kappa shape index (κ3) is 2.40. The Kier molecular flexibility index (Phi) is 2.87. The van der Waals surface area contributed by atoms with E-state index in [4.69, 9.17) is 10.2 Å². The van der Waals surface area contributed by atoms with Crippen molar-refractivity contribution < 1.29 is 8.81 Å². The highest BCUT2D eigenvalue weighted by Crippen LogP contribution is 2.16. The molecule has 0 amide bonds. The van der Waals surface area contributed by atoms with Crippen molar-refractivity contribution in [1.29, 1.82) is 0 Å². The number of fused-ring (bicyclic) bond motifs is 1. The smallest absolute Gasteiger partial charge is 0.198 e. The number of pyridine rings is 1. The first-order valence-electron chi connectivity index (χ1n) is 5.97. The number of hydrogen-bond acceptors (Lipinski definition) is 4. The molecular weight excluding hydrogens is 245 g/mol. The van der Waals surface area contributed by atoms with Crippen molar-refractivity contribution >= 4 is 16.9 Å². The average Bonchev–Trinajstić information content (AvgIpc) is 2.83. The maximum atomic E-state index is 13.0. The lowest BCUT2D eigenvalue weighted by molar-refractivity contribution is 0.528. The molecule has 0 fully saturated rings. The molecule has 2 heterocycles. The minimum Gasteiger partial charge on any atom is -0.439 e. The van der Waals surface area contributed by atoms with Crippen LogP contribution in [0.25, 0.3) is 11.2 Å². The van der Waals surface area contributed by atoms with Crippen LogP contribution >= 0.6 is 0 Å². The van der Waals surface area contributed by atoms with Gasteiger partial charge >= 0.3 is 0 Å². The topological polar surface area (TPSA) is 64.9 Å². The van der Waals surface area contributed by atoms with E-state index in [0.29, 0.717) is 30.0 Å². The van der Waals surface area contributed by atoms with Gasteiger partial charge in [-0.15, -0.1) is 0 Å². The Morgan fingerprint density at radius 1 is 1.21 bits per heavy atom. The number of halogens is 1. The fourth-order valence-corrected chi connectivity index (χ4v) is 1.92. The molecule has 4 nitrogen and oxygen atoms in total. The van der Waals surface area contributed by atoms with E-state index in [1.807, 2.05) is 6.07 Å².